The summed E-state index contributed by atoms with van der Waals surface area (Å²) >= 11 is 0. The van der Waals surface area contributed by atoms with Gasteiger partial charge in [0.1, 0.15) is 0 Å². The second-order valence-corrected chi connectivity index (χ2v) is 5.23. The Balaban J connectivity index is 2.02. The number of hydrogen-bond donors (Lipinski definition) is 2. The van der Waals surface area contributed by atoms with Crippen molar-refractivity contribution >= 4 is 16.7 Å². The Kier molecular flexibility index (Phi) is 5.05. The van der Waals surface area contributed by atoms with Gasteiger partial charge in [-0.2, -0.15) is 5.10 Å². The summed E-state index contributed by atoms with van der Waals surface area (Å²) in [5.41, 5.74) is 0.357. The molecule has 0 aliphatic rings. The molecule has 0 aliphatic heterocycles. The molecule has 1 aromatic heterocycles. The summed E-state index contributed by atoms with van der Waals surface area (Å²) in [4.78, 5) is 25.7. The van der Waals surface area contributed by atoms with Crippen molar-refractivity contribution in [2.45, 2.75) is 12.8 Å². The zero-order valence-electron chi connectivity index (χ0n) is 12.3. The SMILES string of the molecule is CN(C)CCCNC(=O)Cc1n[nH]c(=O)c2ccccc12. The lowest BCUT2D eigenvalue weighted by Crippen LogP contribution is -2.29. The first-order valence-corrected chi connectivity index (χ1v) is 6.95. The van der Waals surface area contributed by atoms with Gasteiger partial charge in [0.05, 0.1) is 17.5 Å². The zero-order chi connectivity index (χ0) is 15.2. The maximum Gasteiger partial charge on any atom is 0.272 e. The smallest absolute Gasteiger partial charge is 0.272 e. The number of aromatic nitrogens is 2. The van der Waals surface area contributed by atoms with Crippen LogP contribution >= 0.6 is 0 Å². The minimum atomic E-state index is -0.235. The van der Waals surface area contributed by atoms with Crippen LogP contribution in [0.15, 0.2) is 29.1 Å². The summed E-state index contributed by atoms with van der Waals surface area (Å²) in [6, 6.07) is 7.17. The van der Waals surface area contributed by atoms with Crippen LogP contribution in [-0.4, -0.2) is 48.2 Å². The van der Waals surface area contributed by atoms with Gasteiger partial charge in [0, 0.05) is 11.9 Å². The minimum absolute atomic E-state index is 0.0848. The molecule has 0 saturated heterocycles. The van der Waals surface area contributed by atoms with E-state index < -0.39 is 0 Å². The molecule has 6 nitrogen and oxygen atoms in total. The van der Waals surface area contributed by atoms with Crippen molar-refractivity contribution in [3.05, 3.63) is 40.3 Å². The molecule has 0 fully saturated rings. The molecule has 0 atom stereocenters. The molecule has 1 aromatic carbocycles. The lowest BCUT2D eigenvalue weighted by Gasteiger charge is -2.10. The molecule has 21 heavy (non-hydrogen) atoms. The van der Waals surface area contributed by atoms with Gasteiger partial charge in [-0.25, -0.2) is 5.10 Å². The Bertz CT molecular complexity index is 679. The molecule has 0 radical (unpaired) electrons. The molecular weight excluding hydrogens is 268 g/mol. The molecule has 0 unspecified atom stereocenters. The highest BCUT2D eigenvalue weighted by Gasteiger charge is 2.10. The molecule has 0 saturated carbocycles. The fourth-order valence-electron chi connectivity index (χ4n) is 2.14. The van der Waals surface area contributed by atoms with Gasteiger partial charge in [-0.1, -0.05) is 18.2 Å². The zero-order valence-corrected chi connectivity index (χ0v) is 12.3. The predicted octanol–water partition coefficient (Wildman–Crippen LogP) is 0.534. The number of rotatable bonds is 6. The van der Waals surface area contributed by atoms with Gasteiger partial charge in [-0.3, -0.25) is 9.59 Å². The van der Waals surface area contributed by atoms with Crippen LogP contribution < -0.4 is 10.9 Å². The van der Waals surface area contributed by atoms with Crippen LogP contribution in [0.4, 0.5) is 0 Å². The third kappa shape index (κ3) is 4.13. The van der Waals surface area contributed by atoms with E-state index >= 15 is 0 Å². The fourth-order valence-corrected chi connectivity index (χ4v) is 2.14. The van der Waals surface area contributed by atoms with Crippen LogP contribution in [-0.2, 0) is 11.2 Å². The number of hydrogen-bond acceptors (Lipinski definition) is 4. The van der Waals surface area contributed by atoms with E-state index in [0.29, 0.717) is 17.6 Å². The Hall–Kier alpha value is -2.21. The van der Waals surface area contributed by atoms with Crippen LogP contribution in [0, 0.1) is 0 Å². The number of amides is 1. The van der Waals surface area contributed by atoms with E-state index in [9.17, 15) is 9.59 Å². The lowest BCUT2D eigenvalue weighted by molar-refractivity contribution is -0.120. The summed E-state index contributed by atoms with van der Waals surface area (Å²) < 4.78 is 0. The number of aromatic amines is 1. The van der Waals surface area contributed by atoms with Crippen molar-refractivity contribution in [3.8, 4) is 0 Å². The highest BCUT2D eigenvalue weighted by atomic mass is 16.1. The summed E-state index contributed by atoms with van der Waals surface area (Å²) in [6.07, 6.45) is 1.07. The first-order valence-electron chi connectivity index (χ1n) is 6.95. The molecule has 6 heteroatoms. The average molecular weight is 288 g/mol. The molecular formula is C15H20N4O2. The summed E-state index contributed by atoms with van der Waals surface area (Å²) in [5.74, 6) is -0.0848. The largest absolute Gasteiger partial charge is 0.356 e. The molecule has 2 N–H and O–H groups in total. The van der Waals surface area contributed by atoms with E-state index in [4.69, 9.17) is 0 Å². The Morgan fingerprint density at radius 1 is 1.29 bits per heavy atom. The van der Waals surface area contributed by atoms with E-state index in [1.165, 1.54) is 0 Å². The number of fused-ring (bicyclic) bond motifs is 1. The molecule has 1 amide bonds. The first kappa shape index (κ1) is 15.2. The third-order valence-electron chi connectivity index (χ3n) is 3.21. The number of carbonyl (C=O) groups excluding carboxylic acids is 1. The van der Waals surface area contributed by atoms with Gasteiger partial charge in [-0.15, -0.1) is 0 Å². The lowest BCUT2D eigenvalue weighted by atomic mass is 10.1. The normalized spacial score (nSPS) is 11.0. The number of nitrogens with one attached hydrogen (secondary N) is 2. The van der Waals surface area contributed by atoms with Gasteiger partial charge in [-0.05, 0) is 33.1 Å². The standard InChI is InChI=1S/C15H20N4O2/c1-19(2)9-5-8-16-14(20)10-13-11-6-3-4-7-12(11)15(21)18-17-13/h3-4,6-7H,5,8-10H2,1-2H3,(H,16,20)(H,18,21). The highest BCUT2D eigenvalue weighted by molar-refractivity contribution is 5.88. The van der Waals surface area contributed by atoms with Crippen LogP contribution in [0.25, 0.3) is 10.8 Å². The average Bonchev–Trinajstić information content (AvgIpc) is 2.47. The van der Waals surface area contributed by atoms with Crippen molar-refractivity contribution in [2.24, 2.45) is 0 Å². The Morgan fingerprint density at radius 2 is 2.00 bits per heavy atom. The van der Waals surface area contributed by atoms with E-state index in [1.54, 1.807) is 12.1 Å². The van der Waals surface area contributed by atoms with Crippen LogP contribution in [0.5, 0.6) is 0 Å². The van der Waals surface area contributed by atoms with E-state index in [0.717, 1.165) is 18.4 Å². The van der Waals surface area contributed by atoms with Gasteiger partial charge >= 0.3 is 0 Å². The molecule has 2 aromatic rings. The molecule has 0 aliphatic carbocycles. The van der Waals surface area contributed by atoms with E-state index in [-0.39, 0.29) is 17.9 Å². The molecule has 1 heterocycles. The Labute approximate surface area is 123 Å². The number of nitrogens with zero attached hydrogens (tertiary/aromatic N) is 2. The van der Waals surface area contributed by atoms with E-state index in [2.05, 4.69) is 20.4 Å². The van der Waals surface area contributed by atoms with Gasteiger partial charge in [0.25, 0.3) is 5.56 Å². The molecule has 0 spiro atoms. The van der Waals surface area contributed by atoms with Crippen LogP contribution in [0.1, 0.15) is 12.1 Å². The predicted molar refractivity (Wildman–Crippen MR) is 82.2 cm³/mol. The molecule has 2 rings (SSSR count). The van der Waals surface area contributed by atoms with Crippen molar-refractivity contribution in [1.29, 1.82) is 0 Å². The summed E-state index contributed by atoms with van der Waals surface area (Å²) in [6.45, 7) is 1.57. The van der Waals surface area contributed by atoms with E-state index in [1.807, 2.05) is 26.2 Å². The second kappa shape index (κ2) is 6.99. The summed E-state index contributed by atoms with van der Waals surface area (Å²) in [7, 11) is 4.00. The maximum atomic E-state index is 11.9. The quantitative estimate of drug-likeness (QED) is 0.760. The fraction of sp³-hybridized carbons (Fsp3) is 0.400. The molecule has 0 bridgehead atoms. The Morgan fingerprint density at radius 3 is 2.71 bits per heavy atom. The maximum absolute atomic E-state index is 11.9. The number of H-pyrrole nitrogens is 1. The monoisotopic (exact) mass is 288 g/mol. The molecule has 112 valence electrons. The van der Waals surface area contributed by atoms with Crippen molar-refractivity contribution < 1.29 is 4.79 Å². The van der Waals surface area contributed by atoms with Crippen molar-refractivity contribution in [1.82, 2.24) is 20.4 Å². The third-order valence-corrected chi connectivity index (χ3v) is 3.21. The minimum Gasteiger partial charge on any atom is -0.356 e. The first-order chi connectivity index (χ1) is 10.1. The highest BCUT2D eigenvalue weighted by Crippen LogP contribution is 2.12. The van der Waals surface area contributed by atoms with Gasteiger partial charge in [0.15, 0.2) is 0 Å². The van der Waals surface area contributed by atoms with Crippen molar-refractivity contribution in [3.63, 3.8) is 0 Å². The topological polar surface area (TPSA) is 78.1 Å². The van der Waals surface area contributed by atoms with Crippen LogP contribution in [0.3, 0.4) is 0 Å². The van der Waals surface area contributed by atoms with Gasteiger partial charge in [0.2, 0.25) is 5.91 Å². The van der Waals surface area contributed by atoms with Crippen LogP contribution in [0.2, 0.25) is 0 Å². The number of carbonyl (C=O) groups is 1. The number of benzene rings is 1. The second-order valence-electron chi connectivity index (χ2n) is 5.23. The summed E-state index contributed by atoms with van der Waals surface area (Å²) in [5, 5.41) is 10.6. The van der Waals surface area contributed by atoms with Crippen molar-refractivity contribution in [2.75, 3.05) is 27.2 Å². The van der Waals surface area contributed by atoms with Gasteiger partial charge < -0.3 is 10.2 Å².